The zero-order valence-electron chi connectivity index (χ0n) is 7.71. The summed E-state index contributed by atoms with van der Waals surface area (Å²) in [5, 5.41) is 0. The second-order valence-electron chi connectivity index (χ2n) is 3.20. The number of hydrogen-bond acceptors (Lipinski definition) is 1. The SMILES string of the molecule is C=C(C)Cc1cccc(C(N)=O)c1. The van der Waals surface area contributed by atoms with Gasteiger partial charge in [0.15, 0.2) is 0 Å². The quantitative estimate of drug-likeness (QED) is 0.700. The van der Waals surface area contributed by atoms with Crippen molar-refractivity contribution < 1.29 is 4.79 Å². The van der Waals surface area contributed by atoms with E-state index in [-0.39, 0.29) is 5.91 Å². The van der Waals surface area contributed by atoms with Gasteiger partial charge in [-0.2, -0.15) is 0 Å². The minimum atomic E-state index is -0.386. The molecule has 1 rings (SSSR count). The van der Waals surface area contributed by atoms with Crippen LogP contribution in [-0.2, 0) is 6.42 Å². The van der Waals surface area contributed by atoms with Crippen LogP contribution in [0.25, 0.3) is 0 Å². The van der Waals surface area contributed by atoms with Gasteiger partial charge < -0.3 is 5.73 Å². The number of carbonyl (C=O) groups is 1. The Kier molecular flexibility index (Phi) is 2.85. The van der Waals surface area contributed by atoms with E-state index in [2.05, 4.69) is 6.58 Å². The molecule has 2 nitrogen and oxygen atoms in total. The number of rotatable bonds is 3. The van der Waals surface area contributed by atoms with Crippen LogP contribution >= 0.6 is 0 Å². The molecule has 13 heavy (non-hydrogen) atoms. The van der Waals surface area contributed by atoms with Gasteiger partial charge in [-0.25, -0.2) is 0 Å². The fraction of sp³-hybridized carbons (Fsp3) is 0.182. The highest BCUT2D eigenvalue weighted by molar-refractivity contribution is 5.92. The van der Waals surface area contributed by atoms with Gasteiger partial charge in [-0.05, 0) is 31.0 Å². The van der Waals surface area contributed by atoms with Gasteiger partial charge in [0, 0.05) is 5.56 Å². The van der Waals surface area contributed by atoms with Crippen molar-refractivity contribution in [2.45, 2.75) is 13.3 Å². The van der Waals surface area contributed by atoms with E-state index in [0.29, 0.717) is 5.56 Å². The van der Waals surface area contributed by atoms with E-state index in [0.717, 1.165) is 17.6 Å². The number of primary amides is 1. The van der Waals surface area contributed by atoms with E-state index in [4.69, 9.17) is 5.73 Å². The first kappa shape index (κ1) is 9.52. The third-order valence-corrected chi connectivity index (χ3v) is 1.72. The van der Waals surface area contributed by atoms with Gasteiger partial charge in [0.25, 0.3) is 0 Å². The molecule has 0 atom stereocenters. The summed E-state index contributed by atoms with van der Waals surface area (Å²) in [6.45, 7) is 5.76. The Balaban J connectivity index is 2.91. The predicted molar refractivity (Wildman–Crippen MR) is 53.5 cm³/mol. The molecule has 0 saturated heterocycles. The van der Waals surface area contributed by atoms with Crippen LogP contribution < -0.4 is 5.73 Å². The maximum absolute atomic E-state index is 10.8. The van der Waals surface area contributed by atoms with E-state index >= 15 is 0 Å². The molecule has 0 aromatic heterocycles. The minimum absolute atomic E-state index is 0.386. The van der Waals surface area contributed by atoms with Crippen molar-refractivity contribution in [2.24, 2.45) is 5.73 Å². The third-order valence-electron chi connectivity index (χ3n) is 1.72. The number of hydrogen-bond donors (Lipinski definition) is 1. The first-order valence-corrected chi connectivity index (χ1v) is 4.12. The van der Waals surface area contributed by atoms with Gasteiger partial charge in [-0.15, -0.1) is 0 Å². The minimum Gasteiger partial charge on any atom is -0.366 e. The Morgan fingerprint density at radius 1 is 1.54 bits per heavy atom. The zero-order chi connectivity index (χ0) is 9.84. The Labute approximate surface area is 78.1 Å². The average Bonchev–Trinajstić information content (AvgIpc) is 2.03. The molecule has 1 aromatic carbocycles. The summed E-state index contributed by atoms with van der Waals surface area (Å²) in [7, 11) is 0. The highest BCUT2D eigenvalue weighted by atomic mass is 16.1. The summed E-state index contributed by atoms with van der Waals surface area (Å²) in [4.78, 5) is 10.8. The highest BCUT2D eigenvalue weighted by Gasteiger charge is 2.00. The molecule has 0 aliphatic carbocycles. The fourth-order valence-corrected chi connectivity index (χ4v) is 1.18. The number of benzene rings is 1. The van der Waals surface area contributed by atoms with Crippen molar-refractivity contribution in [1.29, 1.82) is 0 Å². The molecule has 2 heteroatoms. The van der Waals surface area contributed by atoms with Gasteiger partial charge in [0.1, 0.15) is 0 Å². The number of amides is 1. The second-order valence-corrected chi connectivity index (χ2v) is 3.20. The lowest BCUT2D eigenvalue weighted by atomic mass is 10.0. The maximum Gasteiger partial charge on any atom is 0.248 e. The van der Waals surface area contributed by atoms with Crippen LogP contribution in [0.1, 0.15) is 22.8 Å². The molecule has 0 heterocycles. The van der Waals surface area contributed by atoms with E-state index in [9.17, 15) is 4.79 Å². The van der Waals surface area contributed by atoms with Crippen LogP contribution in [0.5, 0.6) is 0 Å². The molecule has 0 radical (unpaired) electrons. The van der Waals surface area contributed by atoms with Gasteiger partial charge in [-0.1, -0.05) is 24.3 Å². The molecule has 0 aliphatic heterocycles. The lowest BCUT2D eigenvalue weighted by Gasteiger charge is -2.01. The molecule has 2 N–H and O–H groups in total. The fourth-order valence-electron chi connectivity index (χ4n) is 1.18. The topological polar surface area (TPSA) is 43.1 Å². The standard InChI is InChI=1S/C11H13NO/c1-8(2)6-9-4-3-5-10(7-9)11(12)13/h3-5,7H,1,6H2,2H3,(H2,12,13). The van der Waals surface area contributed by atoms with Gasteiger partial charge in [0.05, 0.1) is 0 Å². The highest BCUT2D eigenvalue weighted by Crippen LogP contribution is 2.08. The van der Waals surface area contributed by atoms with Crippen molar-refractivity contribution in [3.63, 3.8) is 0 Å². The molecule has 0 fully saturated rings. The lowest BCUT2D eigenvalue weighted by Crippen LogP contribution is -2.10. The molecular weight excluding hydrogens is 162 g/mol. The first-order valence-electron chi connectivity index (χ1n) is 4.12. The van der Waals surface area contributed by atoms with E-state index in [1.807, 2.05) is 19.1 Å². The third kappa shape index (κ3) is 2.75. The Hall–Kier alpha value is -1.57. The van der Waals surface area contributed by atoms with Crippen molar-refractivity contribution in [3.8, 4) is 0 Å². The van der Waals surface area contributed by atoms with Crippen LogP contribution in [0.3, 0.4) is 0 Å². The number of nitrogens with two attached hydrogens (primary N) is 1. The summed E-state index contributed by atoms with van der Waals surface area (Å²) in [6, 6.07) is 7.31. The normalized spacial score (nSPS) is 9.62. The Morgan fingerprint density at radius 3 is 2.77 bits per heavy atom. The Bertz CT molecular complexity index is 342. The lowest BCUT2D eigenvalue weighted by molar-refractivity contribution is 0.1000. The van der Waals surface area contributed by atoms with Crippen LogP contribution in [0.2, 0.25) is 0 Å². The molecule has 68 valence electrons. The molecule has 0 aliphatic rings. The molecular formula is C11H13NO. The van der Waals surface area contributed by atoms with Crippen LogP contribution in [0.4, 0.5) is 0 Å². The van der Waals surface area contributed by atoms with E-state index in [1.165, 1.54) is 0 Å². The van der Waals surface area contributed by atoms with Gasteiger partial charge >= 0.3 is 0 Å². The van der Waals surface area contributed by atoms with Crippen molar-refractivity contribution in [3.05, 3.63) is 47.5 Å². The maximum atomic E-state index is 10.8. The monoisotopic (exact) mass is 175 g/mol. The average molecular weight is 175 g/mol. The van der Waals surface area contributed by atoms with Crippen LogP contribution in [-0.4, -0.2) is 5.91 Å². The number of allylic oxidation sites excluding steroid dienone is 1. The molecule has 0 spiro atoms. The van der Waals surface area contributed by atoms with Gasteiger partial charge in [0.2, 0.25) is 5.91 Å². The summed E-state index contributed by atoms with van der Waals surface area (Å²) >= 11 is 0. The van der Waals surface area contributed by atoms with E-state index in [1.54, 1.807) is 12.1 Å². The van der Waals surface area contributed by atoms with Crippen molar-refractivity contribution >= 4 is 5.91 Å². The number of carbonyl (C=O) groups excluding carboxylic acids is 1. The van der Waals surface area contributed by atoms with Crippen molar-refractivity contribution in [1.82, 2.24) is 0 Å². The molecule has 1 aromatic rings. The molecule has 1 amide bonds. The summed E-state index contributed by atoms with van der Waals surface area (Å²) < 4.78 is 0. The molecule has 0 bridgehead atoms. The molecule has 0 unspecified atom stereocenters. The van der Waals surface area contributed by atoms with Crippen LogP contribution in [0.15, 0.2) is 36.4 Å². The molecule has 0 saturated carbocycles. The Morgan fingerprint density at radius 2 is 2.23 bits per heavy atom. The van der Waals surface area contributed by atoms with Crippen molar-refractivity contribution in [2.75, 3.05) is 0 Å². The largest absolute Gasteiger partial charge is 0.366 e. The van der Waals surface area contributed by atoms with Gasteiger partial charge in [-0.3, -0.25) is 4.79 Å². The van der Waals surface area contributed by atoms with E-state index < -0.39 is 0 Å². The smallest absolute Gasteiger partial charge is 0.248 e. The zero-order valence-corrected chi connectivity index (χ0v) is 7.71. The second kappa shape index (κ2) is 3.90. The summed E-state index contributed by atoms with van der Waals surface area (Å²) in [5.41, 5.74) is 7.85. The van der Waals surface area contributed by atoms with Crippen LogP contribution in [0, 0.1) is 0 Å². The summed E-state index contributed by atoms with van der Waals surface area (Å²) in [6.07, 6.45) is 0.793. The first-order chi connectivity index (χ1) is 6.09. The predicted octanol–water partition coefficient (Wildman–Crippen LogP) is 1.90. The summed E-state index contributed by atoms with van der Waals surface area (Å²) in [5.74, 6) is -0.386.